The van der Waals surface area contributed by atoms with Crippen LogP contribution in [0.3, 0.4) is 0 Å². The van der Waals surface area contributed by atoms with Crippen LogP contribution in [0.5, 0.6) is 5.75 Å². The van der Waals surface area contributed by atoms with Gasteiger partial charge in [0.2, 0.25) is 0 Å². The number of nitrogens with one attached hydrogen (secondary N) is 1. The first kappa shape index (κ1) is 15.7. The minimum atomic E-state index is 0.0210. The topological polar surface area (TPSA) is 41.1 Å². The highest BCUT2D eigenvalue weighted by atomic mass is 35.5. The Balaban J connectivity index is 2.01. The van der Waals surface area contributed by atoms with E-state index in [0.29, 0.717) is 15.8 Å². The van der Waals surface area contributed by atoms with Gasteiger partial charge in [-0.05, 0) is 33.0 Å². The van der Waals surface area contributed by atoms with Crippen LogP contribution < -0.4 is 4.74 Å². The van der Waals surface area contributed by atoms with Gasteiger partial charge in [0.05, 0.1) is 21.8 Å². The van der Waals surface area contributed by atoms with Gasteiger partial charge in [0, 0.05) is 36.3 Å². The zero-order valence-corrected chi connectivity index (χ0v) is 14.4. The minimum Gasteiger partial charge on any atom is -0.488 e. The Hall–Kier alpha value is -1.23. The molecule has 0 radical (unpaired) electrons. The van der Waals surface area contributed by atoms with Gasteiger partial charge in [-0.1, -0.05) is 23.2 Å². The Morgan fingerprint density at radius 1 is 1.27 bits per heavy atom. The van der Waals surface area contributed by atoms with Crippen molar-refractivity contribution in [2.24, 2.45) is 0 Å². The molecule has 1 aromatic carbocycles. The third-order valence-corrected chi connectivity index (χ3v) is 4.31. The summed E-state index contributed by atoms with van der Waals surface area (Å²) in [5.41, 5.74) is 4.25. The van der Waals surface area contributed by atoms with Gasteiger partial charge in [-0.3, -0.25) is 5.10 Å². The van der Waals surface area contributed by atoms with E-state index in [0.717, 1.165) is 30.8 Å². The smallest absolute Gasteiger partial charge is 0.156 e. The van der Waals surface area contributed by atoms with E-state index in [1.54, 1.807) is 0 Å². The molecule has 0 unspecified atom stereocenters. The van der Waals surface area contributed by atoms with Crippen LogP contribution in [-0.4, -0.2) is 34.8 Å². The van der Waals surface area contributed by atoms with E-state index < -0.39 is 0 Å². The van der Waals surface area contributed by atoms with Crippen LogP contribution in [-0.2, 0) is 13.0 Å². The molecule has 0 amide bonds. The van der Waals surface area contributed by atoms with E-state index in [2.05, 4.69) is 22.1 Å². The lowest BCUT2D eigenvalue weighted by molar-refractivity contribution is 0.243. The molecule has 118 valence electrons. The summed E-state index contributed by atoms with van der Waals surface area (Å²) >= 11 is 12.7. The first-order valence-corrected chi connectivity index (χ1v) is 8.12. The van der Waals surface area contributed by atoms with Crippen LogP contribution in [0, 0.1) is 0 Å². The summed E-state index contributed by atoms with van der Waals surface area (Å²) in [7, 11) is 2.11. The monoisotopic (exact) mass is 339 g/mol. The Morgan fingerprint density at radius 2 is 1.95 bits per heavy atom. The van der Waals surface area contributed by atoms with Crippen LogP contribution in [0.1, 0.15) is 25.1 Å². The summed E-state index contributed by atoms with van der Waals surface area (Å²) in [5.74, 6) is 0.531. The van der Waals surface area contributed by atoms with E-state index in [9.17, 15) is 0 Å². The molecule has 0 saturated heterocycles. The summed E-state index contributed by atoms with van der Waals surface area (Å²) in [6.45, 7) is 5.80. The van der Waals surface area contributed by atoms with Gasteiger partial charge in [0.1, 0.15) is 0 Å². The van der Waals surface area contributed by atoms with E-state index in [1.165, 1.54) is 11.3 Å². The molecule has 1 aliphatic heterocycles. The summed E-state index contributed by atoms with van der Waals surface area (Å²) < 4.78 is 5.68. The maximum atomic E-state index is 6.35. The second-order valence-electron chi connectivity index (χ2n) is 5.95. The number of ether oxygens (including phenoxy) is 1. The second kappa shape index (κ2) is 6.11. The molecule has 2 heterocycles. The average molecular weight is 340 g/mol. The van der Waals surface area contributed by atoms with Gasteiger partial charge < -0.3 is 9.64 Å². The molecule has 0 atom stereocenters. The van der Waals surface area contributed by atoms with E-state index in [-0.39, 0.29) is 6.10 Å². The van der Waals surface area contributed by atoms with Crippen molar-refractivity contribution >= 4 is 23.2 Å². The Labute approximate surface area is 140 Å². The van der Waals surface area contributed by atoms with E-state index in [1.807, 2.05) is 26.0 Å². The Morgan fingerprint density at radius 3 is 2.59 bits per heavy atom. The Kier molecular flexibility index (Phi) is 4.35. The largest absolute Gasteiger partial charge is 0.488 e. The van der Waals surface area contributed by atoms with Gasteiger partial charge in [-0.15, -0.1) is 0 Å². The summed E-state index contributed by atoms with van der Waals surface area (Å²) in [4.78, 5) is 2.28. The van der Waals surface area contributed by atoms with E-state index >= 15 is 0 Å². The van der Waals surface area contributed by atoms with Crippen LogP contribution >= 0.6 is 23.2 Å². The van der Waals surface area contributed by atoms with E-state index in [4.69, 9.17) is 27.9 Å². The highest BCUT2D eigenvalue weighted by Gasteiger charge is 2.22. The highest BCUT2D eigenvalue weighted by Crippen LogP contribution is 2.39. The van der Waals surface area contributed by atoms with Crippen molar-refractivity contribution in [3.63, 3.8) is 0 Å². The predicted octanol–water partition coefficient (Wildman–Crippen LogP) is 4.16. The van der Waals surface area contributed by atoms with Crippen LogP contribution in [0.4, 0.5) is 0 Å². The van der Waals surface area contributed by atoms with Gasteiger partial charge in [0.15, 0.2) is 5.75 Å². The lowest BCUT2D eigenvalue weighted by Crippen LogP contribution is -2.26. The number of hydrogen-bond donors (Lipinski definition) is 1. The van der Waals surface area contributed by atoms with Crippen molar-refractivity contribution in [3.05, 3.63) is 33.4 Å². The molecule has 22 heavy (non-hydrogen) atoms. The molecule has 0 bridgehead atoms. The number of H-pyrrole nitrogens is 1. The third-order valence-electron chi connectivity index (χ3n) is 3.75. The quantitative estimate of drug-likeness (QED) is 0.912. The minimum absolute atomic E-state index is 0.0210. The SMILES string of the molecule is CC(C)Oc1c(Cl)cc(-c2n[nH]c3c2CN(C)CC3)cc1Cl. The molecule has 0 saturated carbocycles. The lowest BCUT2D eigenvalue weighted by atomic mass is 10.0. The van der Waals surface area contributed by atoms with Crippen LogP contribution in [0.25, 0.3) is 11.3 Å². The normalized spacial score (nSPS) is 15.2. The first-order chi connectivity index (χ1) is 10.5. The van der Waals surface area contributed by atoms with Crippen molar-refractivity contribution in [1.29, 1.82) is 0 Å². The van der Waals surface area contributed by atoms with Crippen molar-refractivity contribution < 1.29 is 4.74 Å². The van der Waals surface area contributed by atoms with Crippen LogP contribution in [0.15, 0.2) is 12.1 Å². The number of nitrogens with zero attached hydrogens (tertiary/aromatic N) is 2. The number of fused-ring (bicyclic) bond motifs is 1. The molecule has 3 rings (SSSR count). The fraction of sp³-hybridized carbons (Fsp3) is 0.438. The fourth-order valence-corrected chi connectivity index (χ4v) is 3.29. The van der Waals surface area contributed by atoms with Crippen molar-refractivity contribution in [2.75, 3.05) is 13.6 Å². The summed E-state index contributed by atoms with van der Waals surface area (Å²) in [6.07, 6.45) is 1.00. The molecular formula is C16H19Cl2N3O. The molecule has 4 nitrogen and oxygen atoms in total. The highest BCUT2D eigenvalue weighted by molar-refractivity contribution is 6.37. The zero-order chi connectivity index (χ0) is 15.9. The van der Waals surface area contributed by atoms with Gasteiger partial charge >= 0.3 is 0 Å². The fourth-order valence-electron chi connectivity index (χ4n) is 2.71. The number of likely N-dealkylation sites (N-methyl/N-ethyl adjacent to an activating group) is 1. The predicted molar refractivity (Wildman–Crippen MR) is 89.8 cm³/mol. The second-order valence-corrected chi connectivity index (χ2v) is 6.77. The number of hydrogen-bond acceptors (Lipinski definition) is 3. The Bertz CT molecular complexity index is 674. The molecule has 2 aromatic rings. The van der Waals surface area contributed by atoms with Gasteiger partial charge in [-0.25, -0.2) is 0 Å². The molecule has 1 aliphatic rings. The van der Waals surface area contributed by atoms with Crippen LogP contribution in [0.2, 0.25) is 10.0 Å². The first-order valence-electron chi connectivity index (χ1n) is 7.36. The number of rotatable bonds is 3. The number of halogens is 2. The van der Waals surface area contributed by atoms with Crippen molar-refractivity contribution in [3.8, 4) is 17.0 Å². The standard InChI is InChI=1S/C16H19Cl2N3O/c1-9(2)22-16-12(17)6-10(7-13(16)18)15-11-8-21(3)5-4-14(11)19-20-15/h6-7,9H,4-5,8H2,1-3H3,(H,19,20). The molecule has 6 heteroatoms. The summed E-state index contributed by atoms with van der Waals surface area (Å²) in [5, 5.41) is 8.62. The maximum absolute atomic E-state index is 6.35. The lowest BCUT2D eigenvalue weighted by Gasteiger charge is -2.22. The van der Waals surface area contributed by atoms with Gasteiger partial charge in [0.25, 0.3) is 0 Å². The molecule has 0 aliphatic carbocycles. The average Bonchev–Trinajstić information content (AvgIpc) is 2.85. The number of aromatic nitrogens is 2. The third kappa shape index (κ3) is 2.96. The molecular weight excluding hydrogens is 321 g/mol. The number of aromatic amines is 1. The van der Waals surface area contributed by atoms with Crippen molar-refractivity contribution in [1.82, 2.24) is 15.1 Å². The van der Waals surface area contributed by atoms with Gasteiger partial charge in [-0.2, -0.15) is 5.10 Å². The molecule has 0 fully saturated rings. The molecule has 1 N–H and O–H groups in total. The van der Waals surface area contributed by atoms with Crippen molar-refractivity contribution in [2.45, 2.75) is 32.9 Å². The molecule has 1 aromatic heterocycles. The maximum Gasteiger partial charge on any atom is 0.156 e. The zero-order valence-electron chi connectivity index (χ0n) is 12.9. The molecule has 0 spiro atoms. The summed E-state index contributed by atoms with van der Waals surface area (Å²) in [6, 6.07) is 3.74. The number of benzene rings is 1.